The second kappa shape index (κ2) is 3.70. The minimum atomic E-state index is -0.354. The van der Waals surface area contributed by atoms with Gasteiger partial charge in [0.25, 0.3) is 0 Å². The minimum absolute atomic E-state index is 0.180. The molecule has 0 bridgehead atoms. The van der Waals surface area contributed by atoms with Gasteiger partial charge in [0, 0.05) is 5.57 Å². The zero-order valence-electron chi connectivity index (χ0n) is 8.94. The van der Waals surface area contributed by atoms with Crippen LogP contribution in [0, 0.1) is 0 Å². The summed E-state index contributed by atoms with van der Waals surface area (Å²) >= 11 is 0. The molecule has 0 N–H and O–H groups in total. The molecular formula is C14H9FO2. The van der Waals surface area contributed by atoms with Gasteiger partial charge in [0.1, 0.15) is 17.7 Å². The maximum atomic E-state index is 13.5. The molecule has 2 nitrogen and oxygen atoms in total. The fourth-order valence-corrected chi connectivity index (χ4v) is 2.00. The lowest BCUT2D eigenvalue weighted by molar-refractivity contribution is 0.599. The van der Waals surface area contributed by atoms with Crippen molar-refractivity contribution < 1.29 is 8.81 Å². The molecule has 0 aliphatic heterocycles. The second-order valence-corrected chi connectivity index (χ2v) is 3.91. The summed E-state index contributed by atoms with van der Waals surface area (Å²) in [6.07, 6.45) is 4.85. The van der Waals surface area contributed by atoms with Crippen molar-refractivity contribution in [2.75, 3.05) is 0 Å². The van der Waals surface area contributed by atoms with E-state index in [1.807, 2.05) is 0 Å². The molecule has 0 amide bonds. The first kappa shape index (κ1) is 10.0. The highest BCUT2D eigenvalue weighted by atomic mass is 19.1. The van der Waals surface area contributed by atoms with E-state index >= 15 is 0 Å². The molecule has 0 spiro atoms. The molecule has 3 rings (SSSR count). The molecule has 1 aromatic carbocycles. The van der Waals surface area contributed by atoms with E-state index in [0.717, 1.165) is 0 Å². The van der Waals surface area contributed by atoms with Gasteiger partial charge in [-0.2, -0.15) is 0 Å². The van der Waals surface area contributed by atoms with Crippen LogP contribution in [0.2, 0.25) is 0 Å². The summed E-state index contributed by atoms with van der Waals surface area (Å²) in [6, 6.07) is 6.96. The largest absolute Gasteiger partial charge is 0.463 e. The molecule has 17 heavy (non-hydrogen) atoms. The molecule has 0 atom stereocenters. The summed E-state index contributed by atoms with van der Waals surface area (Å²) in [5.74, 6) is -0.354. The third-order valence-corrected chi connectivity index (χ3v) is 2.88. The normalized spacial score (nSPS) is 14.9. The topological polar surface area (TPSA) is 30.2 Å². The first-order valence-corrected chi connectivity index (χ1v) is 5.33. The van der Waals surface area contributed by atoms with Gasteiger partial charge >= 0.3 is 0 Å². The SMILES string of the molecule is O=c1c(C2=C(F)C=CC2)coc2ccccc12. The standard InChI is InChI=1S/C14H9FO2/c15-12-6-3-5-9(12)11-8-17-13-7-2-1-4-10(13)14(11)16/h1-4,6-8H,5H2. The van der Waals surface area contributed by atoms with Crippen molar-refractivity contribution in [3.8, 4) is 0 Å². The van der Waals surface area contributed by atoms with E-state index in [1.54, 1.807) is 30.3 Å². The van der Waals surface area contributed by atoms with E-state index < -0.39 is 0 Å². The summed E-state index contributed by atoms with van der Waals surface area (Å²) in [6.45, 7) is 0. The molecule has 84 valence electrons. The first-order chi connectivity index (χ1) is 8.27. The van der Waals surface area contributed by atoms with Gasteiger partial charge in [-0.3, -0.25) is 4.79 Å². The average molecular weight is 228 g/mol. The van der Waals surface area contributed by atoms with Gasteiger partial charge in [0.2, 0.25) is 0 Å². The van der Waals surface area contributed by atoms with Crippen LogP contribution in [0.15, 0.2) is 57.7 Å². The molecule has 3 heteroatoms. The molecular weight excluding hydrogens is 219 g/mol. The van der Waals surface area contributed by atoms with Crippen molar-refractivity contribution in [2.24, 2.45) is 0 Å². The van der Waals surface area contributed by atoms with E-state index in [1.165, 1.54) is 12.3 Å². The molecule has 1 heterocycles. The van der Waals surface area contributed by atoms with Gasteiger partial charge < -0.3 is 4.42 Å². The lowest BCUT2D eigenvalue weighted by Crippen LogP contribution is -2.07. The smallest absolute Gasteiger partial charge is 0.200 e. The molecule has 0 unspecified atom stereocenters. The van der Waals surface area contributed by atoms with Crippen LogP contribution in [-0.4, -0.2) is 0 Å². The zero-order valence-corrected chi connectivity index (χ0v) is 8.94. The second-order valence-electron chi connectivity index (χ2n) is 3.91. The molecule has 1 aliphatic rings. The number of allylic oxidation sites excluding steroid dienone is 4. The zero-order chi connectivity index (χ0) is 11.8. The van der Waals surface area contributed by atoms with Crippen molar-refractivity contribution in [2.45, 2.75) is 6.42 Å². The Balaban J connectivity index is 2.30. The Bertz CT molecular complexity index is 707. The number of benzene rings is 1. The monoisotopic (exact) mass is 228 g/mol. The highest BCUT2D eigenvalue weighted by Crippen LogP contribution is 2.28. The van der Waals surface area contributed by atoms with Crippen molar-refractivity contribution in [3.05, 3.63) is 64.3 Å². The van der Waals surface area contributed by atoms with Gasteiger partial charge in [-0.1, -0.05) is 18.2 Å². The molecule has 0 saturated heterocycles. The van der Waals surface area contributed by atoms with Crippen LogP contribution in [0.5, 0.6) is 0 Å². The molecule has 1 aromatic heterocycles. The van der Waals surface area contributed by atoms with Crippen LogP contribution in [0.3, 0.4) is 0 Å². The molecule has 0 fully saturated rings. The predicted octanol–water partition coefficient (Wildman–Crippen LogP) is 3.43. The third-order valence-electron chi connectivity index (χ3n) is 2.88. The third kappa shape index (κ3) is 1.51. The Hall–Kier alpha value is -2.16. The van der Waals surface area contributed by atoms with Crippen LogP contribution >= 0.6 is 0 Å². The van der Waals surface area contributed by atoms with Gasteiger partial charge in [0.05, 0.1) is 10.9 Å². The Morgan fingerprint density at radius 1 is 1.24 bits per heavy atom. The summed E-state index contributed by atoms with van der Waals surface area (Å²) in [7, 11) is 0. The molecule has 0 radical (unpaired) electrons. The van der Waals surface area contributed by atoms with Crippen LogP contribution < -0.4 is 5.43 Å². The summed E-state index contributed by atoms with van der Waals surface area (Å²) in [4.78, 5) is 12.2. The first-order valence-electron chi connectivity index (χ1n) is 5.33. The lowest BCUT2D eigenvalue weighted by Gasteiger charge is -2.03. The maximum Gasteiger partial charge on any atom is 0.200 e. The minimum Gasteiger partial charge on any atom is -0.463 e. The van der Waals surface area contributed by atoms with Gasteiger partial charge in [-0.15, -0.1) is 0 Å². The number of hydrogen-bond donors (Lipinski definition) is 0. The van der Waals surface area contributed by atoms with Crippen LogP contribution in [0.25, 0.3) is 16.5 Å². The Morgan fingerprint density at radius 3 is 2.82 bits per heavy atom. The summed E-state index contributed by atoms with van der Waals surface area (Å²) in [5, 5.41) is 0.484. The van der Waals surface area contributed by atoms with Gasteiger partial charge in [-0.05, 0) is 24.6 Å². The number of fused-ring (bicyclic) bond motifs is 1. The van der Waals surface area contributed by atoms with E-state index in [9.17, 15) is 9.18 Å². The van der Waals surface area contributed by atoms with E-state index in [0.29, 0.717) is 28.5 Å². The number of halogens is 1. The fraction of sp³-hybridized carbons (Fsp3) is 0.0714. The lowest BCUT2D eigenvalue weighted by atomic mass is 10.1. The molecule has 2 aromatic rings. The van der Waals surface area contributed by atoms with Crippen LogP contribution in [0.4, 0.5) is 4.39 Å². The quantitative estimate of drug-likeness (QED) is 0.748. The number of para-hydroxylation sites is 1. The summed E-state index contributed by atoms with van der Waals surface area (Å²) in [5.41, 5.74) is 1.06. The van der Waals surface area contributed by atoms with E-state index in [-0.39, 0.29) is 11.3 Å². The molecule has 1 aliphatic carbocycles. The van der Waals surface area contributed by atoms with Crippen LogP contribution in [0.1, 0.15) is 12.0 Å². The van der Waals surface area contributed by atoms with Crippen LogP contribution in [-0.2, 0) is 0 Å². The predicted molar refractivity (Wildman–Crippen MR) is 64.3 cm³/mol. The van der Waals surface area contributed by atoms with E-state index in [4.69, 9.17) is 4.42 Å². The van der Waals surface area contributed by atoms with Crippen molar-refractivity contribution >= 4 is 16.5 Å². The van der Waals surface area contributed by atoms with Gasteiger partial charge in [0.15, 0.2) is 5.43 Å². The van der Waals surface area contributed by atoms with Gasteiger partial charge in [-0.25, -0.2) is 4.39 Å². The number of rotatable bonds is 1. The maximum absolute atomic E-state index is 13.5. The Kier molecular flexibility index (Phi) is 2.18. The highest BCUT2D eigenvalue weighted by Gasteiger charge is 2.16. The fourth-order valence-electron chi connectivity index (χ4n) is 2.00. The average Bonchev–Trinajstić information content (AvgIpc) is 2.76. The van der Waals surface area contributed by atoms with Crippen molar-refractivity contribution in [1.82, 2.24) is 0 Å². The van der Waals surface area contributed by atoms with E-state index in [2.05, 4.69) is 0 Å². The Morgan fingerprint density at radius 2 is 2.06 bits per heavy atom. The number of hydrogen-bond acceptors (Lipinski definition) is 2. The highest BCUT2D eigenvalue weighted by molar-refractivity contribution is 5.82. The summed E-state index contributed by atoms with van der Waals surface area (Å²) < 4.78 is 18.8. The van der Waals surface area contributed by atoms with Crippen molar-refractivity contribution in [1.29, 1.82) is 0 Å². The molecule has 0 saturated carbocycles. The van der Waals surface area contributed by atoms with Crippen molar-refractivity contribution in [3.63, 3.8) is 0 Å². The Labute approximate surface area is 96.7 Å².